The van der Waals surface area contributed by atoms with Crippen molar-refractivity contribution in [1.29, 1.82) is 0 Å². The summed E-state index contributed by atoms with van der Waals surface area (Å²) in [6.45, 7) is 4.43. The van der Waals surface area contributed by atoms with Crippen LogP contribution >= 0.6 is 0 Å². The van der Waals surface area contributed by atoms with Crippen LogP contribution in [0.2, 0.25) is 0 Å². The van der Waals surface area contributed by atoms with Crippen LogP contribution in [0.1, 0.15) is 26.7 Å². The van der Waals surface area contributed by atoms with Crippen molar-refractivity contribution >= 4 is 11.4 Å². The number of halogens is 1. The Hall–Kier alpha value is -1.49. The van der Waals surface area contributed by atoms with E-state index in [1.54, 1.807) is 6.07 Å². The van der Waals surface area contributed by atoms with E-state index >= 15 is 0 Å². The number of rotatable bonds is 7. The number of nitrogens with one attached hydrogen (secondary N) is 1. The molecule has 0 aromatic heterocycles. The van der Waals surface area contributed by atoms with Gasteiger partial charge >= 0.3 is 0 Å². The summed E-state index contributed by atoms with van der Waals surface area (Å²) in [4.78, 5) is 0. The first-order valence-electron chi connectivity index (χ1n) is 6.17. The van der Waals surface area contributed by atoms with Crippen LogP contribution in [0.3, 0.4) is 0 Å². The van der Waals surface area contributed by atoms with Gasteiger partial charge in [-0.05, 0) is 19.8 Å². The molecule has 1 rings (SSSR count). The maximum atomic E-state index is 13.6. The van der Waals surface area contributed by atoms with Crippen molar-refractivity contribution in [2.75, 3.05) is 24.3 Å². The Bertz CT molecular complexity index is 385. The molecule has 0 aliphatic carbocycles. The molecule has 0 radical (unpaired) electrons. The fraction of sp³-hybridized carbons (Fsp3) is 0.538. The van der Waals surface area contributed by atoms with E-state index in [0.29, 0.717) is 24.4 Å². The zero-order valence-corrected chi connectivity index (χ0v) is 10.9. The van der Waals surface area contributed by atoms with Crippen molar-refractivity contribution < 1.29 is 14.2 Å². The molecule has 0 amide bonds. The van der Waals surface area contributed by atoms with E-state index in [0.717, 1.165) is 6.42 Å². The Balaban J connectivity index is 2.83. The maximum Gasteiger partial charge on any atom is 0.167 e. The molecule has 18 heavy (non-hydrogen) atoms. The highest BCUT2D eigenvalue weighted by atomic mass is 19.1. The van der Waals surface area contributed by atoms with Gasteiger partial charge in [0.05, 0.1) is 18.0 Å². The molecule has 0 bridgehead atoms. The molecule has 0 aliphatic heterocycles. The number of nitrogen functional groups attached to an aromatic ring is 1. The van der Waals surface area contributed by atoms with Gasteiger partial charge < -0.3 is 20.9 Å². The third-order valence-corrected chi connectivity index (χ3v) is 2.53. The van der Waals surface area contributed by atoms with Crippen LogP contribution in [0.15, 0.2) is 12.1 Å². The summed E-state index contributed by atoms with van der Waals surface area (Å²) in [6, 6.07) is 2.87. The Morgan fingerprint density at radius 2 is 2.22 bits per heavy atom. The van der Waals surface area contributed by atoms with Crippen molar-refractivity contribution in [2.45, 2.75) is 32.7 Å². The van der Waals surface area contributed by atoms with Gasteiger partial charge in [0.2, 0.25) is 0 Å². The van der Waals surface area contributed by atoms with Crippen molar-refractivity contribution in [1.82, 2.24) is 0 Å². The second-order valence-electron chi connectivity index (χ2n) is 4.28. The first kappa shape index (κ1) is 14.6. The number of nitrogens with two attached hydrogens (primary N) is 1. The predicted molar refractivity (Wildman–Crippen MR) is 71.4 cm³/mol. The molecule has 4 nitrogen and oxygen atoms in total. The molecule has 0 saturated carbocycles. The van der Waals surface area contributed by atoms with Gasteiger partial charge in [0, 0.05) is 24.8 Å². The van der Waals surface area contributed by atoms with Crippen LogP contribution in [-0.2, 0) is 0 Å². The number of ether oxygens (including phenoxy) is 1. The van der Waals surface area contributed by atoms with Crippen LogP contribution < -0.4 is 15.8 Å². The van der Waals surface area contributed by atoms with E-state index in [-0.39, 0.29) is 18.4 Å². The van der Waals surface area contributed by atoms with Gasteiger partial charge in [0.1, 0.15) is 0 Å². The smallest absolute Gasteiger partial charge is 0.167 e. The second-order valence-corrected chi connectivity index (χ2v) is 4.28. The minimum atomic E-state index is -0.457. The van der Waals surface area contributed by atoms with Crippen molar-refractivity contribution in [3.8, 4) is 5.75 Å². The van der Waals surface area contributed by atoms with Gasteiger partial charge in [-0.3, -0.25) is 0 Å². The maximum absolute atomic E-state index is 13.6. The summed E-state index contributed by atoms with van der Waals surface area (Å²) < 4.78 is 18.9. The molecule has 0 heterocycles. The molecule has 4 N–H and O–H groups in total. The van der Waals surface area contributed by atoms with Crippen molar-refractivity contribution in [3.63, 3.8) is 0 Å². The average Bonchev–Trinajstić information content (AvgIpc) is 2.31. The molecule has 0 saturated heterocycles. The molecule has 1 aromatic carbocycles. The lowest BCUT2D eigenvalue weighted by Crippen LogP contribution is -2.17. The standard InChI is InChI=1S/C13H21FN2O2/c1-3-6-18-13-8-12(11(15)7-10(13)14)16-9(2)4-5-17/h7-9,16-17H,3-6,15H2,1-2H3. The van der Waals surface area contributed by atoms with Crippen LogP contribution in [0, 0.1) is 5.82 Å². The third kappa shape index (κ3) is 4.07. The number of hydrogen-bond donors (Lipinski definition) is 3. The molecule has 0 fully saturated rings. The predicted octanol–water partition coefficient (Wildman–Crippen LogP) is 2.38. The number of benzene rings is 1. The number of anilines is 2. The lowest BCUT2D eigenvalue weighted by Gasteiger charge is -2.17. The summed E-state index contributed by atoms with van der Waals surface area (Å²) >= 11 is 0. The fourth-order valence-corrected chi connectivity index (χ4v) is 1.55. The van der Waals surface area contributed by atoms with E-state index in [4.69, 9.17) is 15.6 Å². The summed E-state index contributed by atoms with van der Waals surface area (Å²) in [5.41, 5.74) is 6.71. The Morgan fingerprint density at radius 1 is 1.50 bits per heavy atom. The monoisotopic (exact) mass is 256 g/mol. The highest BCUT2D eigenvalue weighted by Crippen LogP contribution is 2.29. The Labute approximate surface area is 107 Å². The van der Waals surface area contributed by atoms with E-state index in [1.165, 1.54) is 6.07 Å². The van der Waals surface area contributed by atoms with Gasteiger partial charge in [-0.15, -0.1) is 0 Å². The average molecular weight is 256 g/mol. The molecular weight excluding hydrogens is 235 g/mol. The van der Waals surface area contributed by atoms with Crippen LogP contribution in [0.5, 0.6) is 5.75 Å². The lowest BCUT2D eigenvalue weighted by atomic mass is 10.2. The van der Waals surface area contributed by atoms with Gasteiger partial charge in [-0.1, -0.05) is 6.92 Å². The summed E-state index contributed by atoms with van der Waals surface area (Å²) in [5, 5.41) is 12.0. The normalized spacial score (nSPS) is 12.2. The highest BCUT2D eigenvalue weighted by molar-refractivity contribution is 5.68. The van der Waals surface area contributed by atoms with Crippen LogP contribution in [-0.4, -0.2) is 24.4 Å². The summed E-state index contributed by atoms with van der Waals surface area (Å²) in [7, 11) is 0. The third-order valence-electron chi connectivity index (χ3n) is 2.53. The molecule has 102 valence electrons. The highest BCUT2D eigenvalue weighted by Gasteiger charge is 2.11. The molecule has 1 aromatic rings. The molecule has 0 spiro atoms. The largest absolute Gasteiger partial charge is 0.490 e. The zero-order valence-electron chi connectivity index (χ0n) is 10.9. The topological polar surface area (TPSA) is 67.5 Å². The summed E-state index contributed by atoms with van der Waals surface area (Å²) in [6.07, 6.45) is 1.41. The van der Waals surface area contributed by atoms with Gasteiger partial charge in [0.15, 0.2) is 11.6 Å². The van der Waals surface area contributed by atoms with E-state index in [9.17, 15) is 4.39 Å². The number of hydrogen-bond acceptors (Lipinski definition) is 4. The lowest BCUT2D eigenvalue weighted by molar-refractivity contribution is 0.282. The zero-order chi connectivity index (χ0) is 13.5. The quantitative estimate of drug-likeness (QED) is 0.655. The van der Waals surface area contributed by atoms with Crippen LogP contribution in [0.4, 0.5) is 15.8 Å². The second kappa shape index (κ2) is 7.06. The van der Waals surface area contributed by atoms with E-state index < -0.39 is 5.82 Å². The van der Waals surface area contributed by atoms with Gasteiger partial charge in [0.25, 0.3) is 0 Å². The SMILES string of the molecule is CCCOc1cc(NC(C)CCO)c(N)cc1F. The molecule has 1 unspecified atom stereocenters. The first-order valence-corrected chi connectivity index (χ1v) is 6.17. The molecule has 5 heteroatoms. The Morgan fingerprint density at radius 3 is 2.83 bits per heavy atom. The molecule has 0 aliphatic rings. The minimum Gasteiger partial charge on any atom is -0.490 e. The van der Waals surface area contributed by atoms with Crippen molar-refractivity contribution in [2.24, 2.45) is 0 Å². The van der Waals surface area contributed by atoms with Gasteiger partial charge in [-0.25, -0.2) is 4.39 Å². The number of aliphatic hydroxyl groups is 1. The summed E-state index contributed by atoms with van der Waals surface area (Å²) in [5.74, 6) is -0.258. The molecule has 1 atom stereocenters. The molecular formula is C13H21FN2O2. The minimum absolute atomic E-state index is 0.0572. The number of aliphatic hydroxyl groups excluding tert-OH is 1. The van der Waals surface area contributed by atoms with Crippen molar-refractivity contribution in [3.05, 3.63) is 17.9 Å². The van der Waals surface area contributed by atoms with Gasteiger partial charge in [-0.2, -0.15) is 0 Å². The van der Waals surface area contributed by atoms with E-state index in [2.05, 4.69) is 5.32 Å². The van der Waals surface area contributed by atoms with Crippen LogP contribution in [0.25, 0.3) is 0 Å². The Kier molecular flexibility index (Phi) is 5.71. The fourth-order valence-electron chi connectivity index (χ4n) is 1.55. The van der Waals surface area contributed by atoms with E-state index in [1.807, 2.05) is 13.8 Å². The first-order chi connectivity index (χ1) is 8.58.